The fourth-order valence-electron chi connectivity index (χ4n) is 3.21. The number of amides is 2. The standard InChI is InChI=1S/C22H16N2O4S/c1-12-17(13-7-3-2-4-8-13)18(19(23)25)21(29-12)24-20(26)15-11-14-9-5-6-10-16(14)28-22(15)27/h2-11H,1H3,(H2,23,25)(H,24,26). The summed E-state index contributed by atoms with van der Waals surface area (Å²) in [5.41, 5.74) is 6.83. The summed E-state index contributed by atoms with van der Waals surface area (Å²) < 4.78 is 5.22. The largest absolute Gasteiger partial charge is 0.422 e. The molecule has 2 heterocycles. The van der Waals surface area contributed by atoms with Crippen LogP contribution in [0.25, 0.3) is 22.1 Å². The Kier molecular flexibility index (Phi) is 4.74. The molecule has 2 aromatic heterocycles. The van der Waals surface area contributed by atoms with Crippen LogP contribution in [0, 0.1) is 6.92 Å². The molecule has 4 aromatic rings. The molecule has 0 fully saturated rings. The van der Waals surface area contributed by atoms with Crippen molar-refractivity contribution in [2.24, 2.45) is 5.73 Å². The molecule has 0 saturated heterocycles. The van der Waals surface area contributed by atoms with Crippen molar-refractivity contribution in [3.05, 3.63) is 87.1 Å². The Bertz CT molecular complexity index is 1310. The van der Waals surface area contributed by atoms with Gasteiger partial charge in [-0.2, -0.15) is 0 Å². The number of aryl methyl sites for hydroxylation is 1. The second kappa shape index (κ2) is 7.37. The zero-order valence-corrected chi connectivity index (χ0v) is 16.2. The van der Waals surface area contributed by atoms with Crippen molar-refractivity contribution in [1.29, 1.82) is 0 Å². The molecule has 0 unspecified atom stereocenters. The number of nitrogens with two attached hydrogens (primary N) is 1. The number of fused-ring (bicyclic) bond motifs is 1. The third kappa shape index (κ3) is 3.43. The molecule has 0 saturated carbocycles. The van der Waals surface area contributed by atoms with Crippen molar-refractivity contribution < 1.29 is 14.0 Å². The van der Waals surface area contributed by atoms with Crippen molar-refractivity contribution in [3.63, 3.8) is 0 Å². The second-order valence-electron chi connectivity index (χ2n) is 6.41. The van der Waals surface area contributed by atoms with Crippen LogP contribution < -0.4 is 16.7 Å². The highest BCUT2D eigenvalue weighted by atomic mass is 32.1. The van der Waals surface area contributed by atoms with E-state index in [0.29, 0.717) is 21.5 Å². The van der Waals surface area contributed by atoms with E-state index in [4.69, 9.17) is 10.2 Å². The summed E-state index contributed by atoms with van der Waals surface area (Å²) in [5, 5.41) is 3.59. The van der Waals surface area contributed by atoms with Crippen molar-refractivity contribution in [1.82, 2.24) is 0 Å². The van der Waals surface area contributed by atoms with Crippen LogP contribution >= 0.6 is 11.3 Å². The van der Waals surface area contributed by atoms with Crippen molar-refractivity contribution >= 4 is 39.1 Å². The van der Waals surface area contributed by atoms with Crippen LogP contribution in [-0.4, -0.2) is 11.8 Å². The molecular weight excluding hydrogens is 388 g/mol. The molecule has 144 valence electrons. The van der Waals surface area contributed by atoms with Crippen LogP contribution in [0.2, 0.25) is 0 Å². The lowest BCUT2D eigenvalue weighted by molar-refractivity contribution is 0.100. The van der Waals surface area contributed by atoms with Gasteiger partial charge >= 0.3 is 5.63 Å². The monoisotopic (exact) mass is 404 g/mol. The number of benzene rings is 2. The summed E-state index contributed by atoms with van der Waals surface area (Å²) in [6.45, 7) is 1.85. The van der Waals surface area contributed by atoms with Gasteiger partial charge in [0.1, 0.15) is 16.1 Å². The number of hydrogen-bond acceptors (Lipinski definition) is 5. The SMILES string of the molecule is Cc1sc(NC(=O)c2cc3ccccc3oc2=O)c(C(N)=O)c1-c1ccccc1. The zero-order chi connectivity index (χ0) is 20.5. The quantitative estimate of drug-likeness (QED) is 0.498. The van der Waals surface area contributed by atoms with E-state index in [1.165, 1.54) is 17.4 Å². The Morgan fingerprint density at radius 2 is 1.72 bits per heavy atom. The van der Waals surface area contributed by atoms with Gasteiger partial charge in [-0.25, -0.2) is 4.79 Å². The molecule has 2 aromatic carbocycles. The minimum absolute atomic E-state index is 0.147. The van der Waals surface area contributed by atoms with Crippen LogP contribution in [0.5, 0.6) is 0 Å². The molecule has 0 radical (unpaired) electrons. The first-order chi connectivity index (χ1) is 14.0. The Hall–Kier alpha value is -3.71. The van der Waals surface area contributed by atoms with Gasteiger partial charge in [0.05, 0.1) is 5.56 Å². The van der Waals surface area contributed by atoms with E-state index in [1.807, 2.05) is 37.3 Å². The van der Waals surface area contributed by atoms with Crippen molar-refractivity contribution in [3.8, 4) is 11.1 Å². The number of hydrogen-bond donors (Lipinski definition) is 2. The number of anilines is 1. The normalized spacial score (nSPS) is 10.8. The summed E-state index contributed by atoms with van der Waals surface area (Å²) in [6.07, 6.45) is 0. The molecule has 2 amide bonds. The predicted octanol–water partition coefficient (Wildman–Crippen LogP) is 4.18. The number of primary amides is 1. The summed E-state index contributed by atoms with van der Waals surface area (Å²) in [4.78, 5) is 38.1. The highest BCUT2D eigenvalue weighted by molar-refractivity contribution is 7.17. The van der Waals surface area contributed by atoms with Gasteiger partial charge in [0.25, 0.3) is 11.8 Å². The summed E-state index contributed by atoms with van der Waals surface area (Å²) in [6, 6.07) is 17.7. The van der Waals surface area contributed by atoms with Crippen LogP contribution in [0.15, 0.2) is 69.9 Å². The molecule has 0 aliphatic heterocycles. The van der Waals surface area contributed by atoms with Crippen LogP contribution in [0.1, 0.15) is 25.6 Å². The molecule has 0 spiro atoms. The topological polar surface area (TPSA) is 102 Å². The predicted molar refractivity (Wildman–Crippen MR) is 113 cm³/mol. The average molecular weight is 404 g/mol. The maximum atomic E-state index is 12.8. The van der Waals surface area contributed by atoms with Gasteiger partial charge in [0.2, 0.25) is 0 Å². The molecule has 6 nitrogen and oxygen atoms in total. The maximum Gasteiger partial charge on any atom is 0.349 e. The summed E-state index contributed by atoms with van der Waals surface area (Å²) in [7, 11) is 0. The van der Waals surface area contributed by atoms with E-state index in [0.717, 1.165) is 10.4 Å². The van der Waals surface area contributed by atoms with Gasteiger partial charge in [-0.15, -0.1) is 11.3 Å². The number of carbonyl (C=O) groups is 2. The van der Waals surface area contributed by atoms with Gasteiger partial charge in [-0.05, 0) is 24.6 Å². The summed E-state index contributed by atoms with van der Waals surface area (Å²) in [5.74, 6) is -1.32. The first kappa shape index (κ1) is 18.6. The lowest BCUT2D eigenvalue weighted by Gasteiger charge is -2.07. The first-order valence-corrected chi connectivity index (χ1v) is 9.60. The van der Waals surface area contributed by atoms with E-state index >= 15 is 0 Å². The molecule has 0 aliphatic rings. The third-order valence-electron chi connectivity index (χ3n) is 4.51. The van der Waals surface area contributed by atoms with E-state index in [1.54, 1.807) is 24.3 Å². The van der Waals surface area contributed by atoms with Crippen LogP contribution in [0.4, 0.5) is 5.00 Å². The Morgan fingerprint density at radius 1 is 1.03 bits per heavy atom. The number of thiophene rings is 1. The lowest BCUT2D eigenvalue weighted by atomic mass is 10.0. The van der Waals surface area contributed by atoms with E-state index in [9.17, 15) is 14.4 Å². The molecule has 0 bridgehead atoms. The average Bonchev–Trinajstić information content (AvgIpc) is 3.03. The fraction of sp³-hybridized carbons (Fsp3) is 0.0455. The third-order valence-corrected chi connectivity index (χ3v) is 5.53. The Morgan fingerprint density at radius 3 is 2.45 bits per heavy atom. The summed E-state index contributed by atoms with van der Waals surface area (Å²) >= 11 is 1.23. The van der Waals surface area contributed by atoms with Crippen LogP contribution in [0.3, 0.4) is 0 Å². The van der Waals surface area contributed by atoms with Crippen LogP contribution in [-0.2, 0) is 0 Å². The molecule has 0 atom stereocenters. The van der Waals surface area contributed by atoms with Crippen molar-refractivity contribution in [2.45, 2.75) is 6.92 Å². The maximum absolute atomic E-state index is 12.8. The molecule has 3 N–H and O–H groups in total. The van der Waals surface area contributed by atoms with E-state index in [2.05, 4.69) is 5.32 Å². The molecular formula is C22H16N2O4S. The van der Waals surface area contributed by atoms with E-state index in [-0.39, 0.29) is 11.1 Å². The smallest absolute Gasteiger partial charge is 0.349 e. The number of nitrogens with one attached hydrogen (secondary N) is 1. The van der Waals surface area contributed by atoms with Gasteiger partial charge in [0.15, 0.2) is 0 Å². The first-order valence-electron chi connectivity index (χ1n) is 8.78. The minimum Gasteiger partial charge on any atom is -0.422 e. The molecule has 7 heteroatoms. The van der Waals surface area contributed by atoms with Crippen molar-refractivity contribution in [2.75, 3.05) is 5.32 Å². The number of carbonyl (C=O) groups excluding carboxylic acids is 2. The second-order valence-corrected chi connectivity index (χ2v) is 7.63. The van der Waals surface area contributed by atoms with Gasteiger partial charge in [0, 0.05) is 15.8 Å². The number of rotatable bonds is 4. The van der Waals surface area contributed by atoms with Gasteiger partial charge in [-0.1, -0.05) is 48.5 Å². The molecule has 29 heavy (non-hydrogen) atoms. The highest BCUT2D eigenvalue weighted by Crippen LogP contribution is 2.39. The zero-order valence-electron chi connectivity index (χ0n) is 15.4. The molecule has 4 rings (SSSR count). The Balaban J connectivity index is 1.77. The van der Waals surface area contributed by atoms with Gasteiger partial charge in [-0.3, -0.25) is 9.59 Å². The fourth-order valence-corrected chi connectivity index (χ4v) is 4.29. The lowest BCUT2D eigenvalue weighted by Crippen LogP contribution is -2.22. The Labute approximate surface area is 169 Å². The molecule has 0 aliphatic carbocycles. The minimum atomic E-state index is -0.751. The highest BCUT2D eigenvalue weighted by Gasteiger charge is 2.24. The number of para-hydroxylation sites is 1. The van der Waals surface area contributed by atoms with Gasteiger partial charge < -0.3 is 15.5 Å². The van der Waals surface area contributed by atoms with E-state index < -0.39 is 17.4 Å².